The number of benzene rings is 1. The fraction of sp³-hybridized carbons (Fsp3) is 0.500. The number of nitrogens with zero attached hydrogens (tertiary/aromatic N) is 1. The molecule has 0 bridgehead atoms. The maximum absolute atomic E-state index is 12.4. The molecule has 5 heteroatoms. The van der Waals surface area contributed by atoms with Gasteiger partial charge in [-0.05, 0) is 30.2 Å². The zero-order valence-electron chi connectivity index (χ0n) is 12.2. The van der Waals surface area contributed by atoms with Crippen molar-refractivity contribution in [1.29, 1.82) is 0 Å². The van der Waals surface area contributed by atoms with Crippen LogP contribution in [0.25, 0.3) is 0 Å². The van der Waals surface area contributed by atoms with Crippen LogP contribution in [0.1, 0.15) is 25.3 Å². The summed E-state index contributed by atoms with van der Waals surface area (Å²) in [5.74, 6) is 0.0562. The van der Waals surface area contributed by atoms with Crippen LogP contribution in [-0.2, 0) is 16.0 Å². The van der Waals surface area contributed by atoms with E-state index in [2.05, 4.69) is 6.92 Å². The van der Waals surface area contributed by atoms with Crippen molar-refractivity contribution in [2.24, 2.45) is 5.92 Å². The van der Waals surface area contributed by atoms with Gasteiger partial charge < -0.3 is 10.0 Å². The molecule has 0 radical (unpaired) electrons. The summed E-state index contributed by atoms with van der Waals surface area (Å²) < 4.78 is 0. The molecule has 0 saturated heterocycles. The second-order valence-electron chi connectivity index (χ2n) is 5.28. The first-order valence-electron chi connectivity index (χ1n) is 7.32. The van der Waals surface area contributed by atoms with Crippen LogP contribution in [0, 0.1) is 5.92 Å². The van der Waals surface area contributed by atoms with E-state index in [0.717, 1.165) is 29.8 Å². The lowest BCUT2D eigenvalue weighted by molar-refractivity contribution is -0.141. The predicted octanol–water partition coefficient (Wildman–Crippen LogP) is 2.81. The second-order valence-corrected chi connectivity index (χ2v) is 6.38. The van der Waals surface area contributed by atoms with Crippen molar-refractivity contribution in [3.63, 3.8) is 0 Å². The van der Waals surface area contributed by atoms with Gasteiger partial charge in [0, 0.05) is 12.2 Å². The van der Waals surface area contributed by atoms with E-state index < -0.39 is 11.9 Å². The van der Waals surface area contributed by atoms with Crippen LogP contribution in [0.15, 0.2) is 24.3 Å². The van der Waals surface area contributed by atoms with Gasteiger partial charge in [0.2, 0.25) is 5.91 Å². The quantitative estimate of drug-likeness (QED) is 0.821. The fourth-order valence-corrected chi connectivity index (χ4v) is 3.45. The van der Waals surface area contributed by atoms with Crippen LogP contribution >= 0.6 is 11.8 Å². The molecule has 1 heterocycles. The van der Waals surface area contributed by atoms with E-state index in [0.29, 0.717) is 12.2 Å². The first kappa shape index (κ1) is 15.9. The van der Waals surface area contributed by atoms with Gasteiger partial charge in [0.25, 0.3) is 0 Å². The molecule has 0 fully saturated rings. The van der Waals surface area contributed by atoms with Gasteiger partial charge in [0.05, 0.1) is 11.7 Å². The van der Waals surface area contributed by atoms with Crippen LogP contribution in [0.4, 0.5) is 5.69 Å². The Bertz CT molecular complexity index is 518. The number of rotatable bonds is 6. The molecule has 1 aliphatic heterocycles. The molecule has 1 aromatic carbocycles. The number of carbonyl (C=O) groups is 2. The number of carboxylic acid groups (broad SMARTS) is 1. The lowest BCUT2D eigenvalue weighted by Crippen LogP contribution is -2.43. The number of unbranched alkanes of at least 4 members (excludes halogenated alkanes) is 1. The van der Waals surface area contributed by atoms with Crippen molar-refractivity contribution in [2.45, 2.75) is 26.2 Å². The number of aliphatic carboxylic acids is 1. The number of fused-ring (bicyclic) bond motifs is 1. The molecule has 1 atom stereocenters. The van der Waals surface area contributed by atoms with Gasteiger partial charge in [-0.15, -0.1) is 0 Å². The first-order valence-corrected chi connectivity index (χ1v) is 8.47. The normalized spacial score (nSPS) is 17.4. The van der Waals surface area contributed by atoms with E-state index in [4.69, 9.17) is 0 Å². The monoisotopic (exact) mass is 307 g/mol. The smallest absolute Gasteiger partial charge is 0.308 e. The van der Waals surface area contributed by atoms with E-state index >= 15 is 0 Å². The van der Waals surface area contributed by atoms with Crippen molar-refractivity contribution in [1.82, 2.24) is 0 Å². The summed E-state index contributed by atoms with van der Waals surface area (Å²) in [7, 11) is 0. The van der Waals surface area contributed by atoms with Gasteiger partial charge in [-0.2, -0.15) is 11.8 Å². The molecule has 0 spiro atoms. The highest BCUT2D eigenvalue weighted by Gasteiger charge is 2.31. The number of amides is 1. The summed E-state index contributed by atoms with van der Waals surface area (Å²) >= 11 is 1.63. The van der Waals surface area contributed by atoms with E-state index in [1.165, 1.54) is 0 Å². The lowest BCUT2D eigenvalue weighted by Gasteiger charge is -2.32. The summed E-state index contributed by atoms with van der Waals surface area (Å²) in [5.41, 5.74) is 1.82. The topological polar surface area (TPSA) is 57.6 Å². The summed E-state index contributed by atoms with van der Waals surface area (Å²) in [6, 6.07) is 7.60. The molecule has 1 amide bonds. The number of carbonyl (C=O) groups excluding carboxylic acids is 1. The van der Waals surface area contributed by atoms with Gasteiger partial charge in [-0.25, -0.2) is 0 Å². The largest absolute Gasteiger partial charge is 0.481 e. The Balaban J connectivity index is 2.09. The third-order valence-corrected chi connectivity index (χ3v) is 4.70. The summed E-state index contributed by atoms with van der Waals surface area (Å²) in [4.78, 5) is 25.3. The first-order chi connectivity index (χ1) is 10.1. The molecule has 21 heavy (non-hydrogen) atoms. The molecular formula is C16H21NO3S. The Morgan fingerprint density at radius 1 is 1.38 bits per heavy atom. The molecule has 0 aromatic heterocycles. The molecule has 0 aliphatic carbocycles. The van der Waals surface area contributed by atoms with Crippen molar-refractivity contribution in [2.75, 3.05) is 23.0 Å². The number of hydrogen-bond acceptors (Lipinski definition) is 3. The van der Waals surface area contributed by atoms with E-state index in [9.17, 15) is 14.7 Å². The van der Waals surface area contributed by atoms with Crippen molar-refractivity contribution >= 4 is 29.3 Å². The Morgan fingerprint density at radius 2 is 2.14 bits per heavy atom. The summed E-state index contributed by atoms with van der Waals surface area (Å²) in [6.07, 6.45) is 2.72. The van der Waals surface area contributed by atoms with Gasteiger partial charge in [0.1, 0.15) is 0 Å². The predicted molar refractivity (Wildman–Crippen MR) is 85.9 cm³/mol. The van der Waals surface area contributed by atoms with Crippen LogP contribution in [0.3, 0.4) is 0 Å². The van der Waals surface area contributed by atoms with Crippen LogP contribution in [0.2, 0.25) is 0 Å². The zero-order valence-corrected chi connectivity index (χ0v) is 13.1. The van der Waals surface area contributed by atoms with Crippen molar-refractivity contribution in [3.05, 3.63) is 29.8 Å². The maximum atomic E-state index is 12.4. The third-order valence-electron chi connectivity index (χ3n) is 3.67. The maximum Gasteiger partial charge on any atom is 0.308 e. The third kappa shape index (κ3) is 4.00. The number of thioether (sulfide) groups is 1. The number of carboxylic acids is 1. The van der Waals surface area contributed by atoms with Gasteiger partial charge in [-0.1, -0.05) is 31.5 Å². The Hall–Kier alpha value is -1.49. The molecule has 2 rings (SSSR count). The van der Waals surface area contributed by atoms with Crippen molar-refractivity contribution < 1.29 is 14.7 Å². The lowest BCUT2D eigenvalue weighted by atomic mass is 9.92. The molecule has 1 unspecified atom stereocenters. The molecule has 1 aromatic rings. The van der Waals surface area contributed by atoms with E-state index in [1.54, 1.807) is 16.7 Å². The SMILES string of the molecule is CCCCSCC(=O)N1CC(C(=O)O)Cc2ccccc21. The number of para-hydroxylation sites is 1. The second kappa shape index (κ2) is 7.50. The Kier molecular flexibility index (Phi) is 5.67. The molecule has 1 aliphatic rings. The minimum atomic E-state index is -0.832. The average Bonchev–Trinajstić information content (AvgIpc) is 2.50. The highest BCUT2D eigenvalue weighted by Crippen LogP contribution is 2.30. The molecule has 114 valence electrons. The average molecular weight is 307 g/mol. The number of hydrogen-bond donors (Lipinski definition) is 1. The van der Waals surface area contributed by atoms with Gasteiger partial charge >= 0.3 is 5.97 Å². The minimum Gasteiger partial charge on any atom is -0.481 e. The summed E-state index contributed by atoms with van der Waals surface area (Å²) in [5, 5.41) is 9.27. The summed E-state index contributed by atoms with van der Waals surface area (Å²) in [6.45, 7) is 2.40. The highest BCUT2D eigenvalue weighted by molar-refractivity contribution is 7.99. The van der Waals surface area contributed by atoms with Crippen LogP contribution < -0.4 is 4.90 Å². The molecule has 1 N–H and O–H groups in total. The Morgan fingerprint density at radius 3 is 2.86 bits per heavy atom. The van der Waals surface area contributed by atoms with Crippen LogP contribution in [-0.4, -0.2) is 35.0 Å². The van der Waals surface area contributed by atoms with E-state index in [1.807, 2.05) is 24.3 Å². The fourth-order valence-electron chi connectivity index (χ4n) is 2.48. The van der Waals surface area contributed by atoms with E-state index in [-0.39, 0.29) is 12.5 Å². The highest BCUT2D eigenvalue weighted by atomic mass is 32.2. The standard InChI is InChI=1S/C16H21NO3S/c1-2-3-8-21-11-15(18)17-10-13(16(19)20)9-12-6-4-5-7-14(12)17/h4-7,13H,2-3,8-11H2,1H3,(H,19,20). The van der Waals surface area contributed by atoms with Crippen LogP contribution in [0.5, 0.6) is 0 Å². The zero-order chi connectivity index (χ0) is 15.2. The molecule has 0 saturated carbocycles. The van der Waals surface area contributed by atoms with Gasteiger partial charge in [0.15, 0.2) is 0 Å². The van der Waals surface area contributed by atoms with Crippen molar-refractivity contribution in [3.8, 4) is 0 Å². The molecule has 4 nitrogen and oxygen atoms in total. The number of anilines is 1. The minimum absolute atomic E-state index is 0.00880. The molecular weight excluding hydrogens is 286 g/mol. The van der Waals surface area contributed by atoms with Gasteiger partial charge in [-0.3, -0.25) is 9.59 Å². The Labute approximate surface area is 129 Å².